The number of hydrogen-bond acceptors (Lipinski definition) is 1. The summed E-state index contributed by atoms with van der Waals surface area (Å²) in [6.07, 6.45) is -4.65. The van der Waals surface area contributed by atoms with Crippen LogP contribution in [-0.2, 0) is 5.60 Å². The largest absolute Gasteiger partial charge is 0.421 e. The van der Waals surface area contributed by atoms with Gasteiger partial charge in [-0.25, -0.2) is 0 Å². The number of aryl methyl sites for hydroxylation is 1. The van der Waals surface area contributed by atoms with Gasteiger partial charge in [-0.3, -0.25) is 0 Å². The molecule has 0 unspecified atom stereocenters. The lowest BCUT2D eigenvalue weighted by molar-refractivity contribution is -0.258. The number of alkyl halides is 3. The van der Waals surface area contributed by atoms with Crippen molar-refractivity contribution >= 4 is 0 Å². The van der Waals surface area contributed by atoms with Crippen LogP contribution in [0.5, 0.6) is 0 Å². The maximum atomic E-state index is 12.4. The molecule has 0 fully saturated rings. The van der Waals surface area contributed by atoms with Crippen LogP contribution in [-0.4, -0.2) is 11.3 Å². The van der Waals surface area contributed by atoms with Crippen molar-refractivity contribution in [1.29, 1.82) is 0 Å². The average Bonchev–Trinajstić information content (AvgIpc) is 2.03. The first kappa shape index (κ1) is 11.0. The number of halogens is 3. The van der Waals surface area contributed by atoms with Crippen LogP contribution in [0.3, 0.4) is 0 Å². The Morgan fingerprint density at radius 1 is 1.07 bits per heavy atom. The quantitative estimate of drug-likeness (QED) is 0.745. The number of aliphatic hydroxyl groups is 1. The SMILES string of the molecule is Cc1ccc([C@@](C)(O)C(F)(F)F)cc1. The molecular weight excluding hydrogens is 193 g/mol. The Morgan fingerprint density at radius 2 is 1.50 bits per heavy atom. The van der Waals surface area contributed by atoms with E-state index in [1.807, 2.05) is 0 Å². The fraction of sp³-hybridized carbons (Fsp3) is 0.400. The first-order valence-electron chi connectivity index (χ1n) is 4.11. The molecule has 1 nitrogen and oxygen atoms in total. The minimum atomic E-state index is -4.65. The third-order valence-corrected chi connectivity index (χ3v) is 2.17. The lowest BCUT2D eigenvalue weighted by Crippen LogP contribution is -2.39. The van der Waals surface area contributed by atoms with Crippen molar-refractivity contribution < 1.29 is 18.3 Å². The van der Waals surface area contributed by atoms with Crippen molar-refractivity contribution in [2.24, 2.45) is 0 Å². The molecule has 0 radical (unpaired) electrons. The maximum absolute atomic E-state index is 12.4. The van der Waals surface area contributed by atoms with Crippen LogP contribution in [0.15, 0.2) is 24.3 Å². The van der Waals surface area contributed by atoms with E-state index in [0.717, 1.165) is 12.5 Å². The summed E-state index contributed by atoms with van der Waals surface area (Å²) in [6.45, 7) is 2.52. The molecule has 1 aromatic carbocycles. The van der Waals surface area contributed by atoms with Crippen molar-refractivity contribution in [2.45, 2.75) is 25.6 Å². The van der Waals surface area contributed by atoms with Crippen LogP contribution in [0.25, 0.3) is 0 Å². The molecule has 0 saturated carbocycles. The Balaban J connectivity index is 3.10. The second-order valence-corrected chi connectivity index (χ2v) is 3.44. The van der Waals surface area contributed by atoms with E-state index in [4.69, 9.17) is 0 Å². The number of hydrogen-bond donors (Lipinski definition) is 1. The number of rotatable bonds is 1. The third-order valence-electron chi connectivity index (χ3n) is 2.17. The summed E-state index contributed by atoms with van der Waals surface area (Å²) < 4.78 is 37.1. The van der Waals surface area contributed by atoms with Crippen LogP contribution >= 0.6 is 0 Å². The minimum Gasteiger partial charge on any atom is -0.376 e. The van der Waals surface area contributed by atoms with Gasteiger partial charge in [-0.2, -0.15) is 13.2 Å². The van der Waals surface area contributed by atoms with Crippen LogP contribution in [0.2, 0.25) is 0 Å². The molecule has 4 heteroatoms. The van der Waals surface area contributed by atoms with Gasteiger partial charge in [0.15, 0.2) is 5.60 Å². The molecule has 0 aliphatic heterocycles. The molecule has 1 rings (SSSR count). The molecule has 0 aliphatic rings. The maximum Gasteiger partial charge on any atom is 0.421 e. The molecule has 0 amide bonds. The van der Waals surface area contributed by atoms with E-state index in [2.05, 4.69) is 0 Å². The molecule has 0 aliphatic carbocycles. The third kappa shape index (κ3) is 1.90. The van der Waals surface area contributed by atoms with Gasteiger partial charge in [0, 0.05) is 0 Å². The summed E-state index contributed by atoms with van der Waals surface area (Å²) in [5.74, 6) is 0. The summed E-state index contributed by atoms with van der Waals surface area (Å²) in [5, 5.41) is 9.29. The standard InChI is InChI=1S/C10H11F3O/c1-7-3-5-8(6-4-7)9(2,14)10(11,12)13/h3-6,14H,1-2H3/t9-/m1/s1. The highest BCUT2D eigenvalue weighted by molar-refractivity contribution is 5.27. The zero-order chi connectivity index (χ0) is 11.0. The van der Waals surface area contributed by atoms with Crippen LogP contribution in [0.1, 0.15) is 18.1 Å². The second kappa shape index (κ2) is 3.28. The Morgan fingerprint density at radius 3 is 1.86 bits per heavy atom. The predicted octanol–water partition coefficient (Wildman–Crippen LogP) is 2.76. The molecule has 1 aromatic rings. The Hall–Kier alpha value is -1.03. The Labute approximate surface area is 80.2 Å². The van der Waals surface area contributed by atoms with Crippen molar-refractivity contribution in [3.63, 3.8) is 0 Å². The van der Waals surface area contributed by atoms with E-state index < -0.39 is 11.8 Å². The highest BCUT2D eigenvalue weighted by atomic mass is 19.4. The molecule has 0 heterocycles. The van der Waals surface area contributed by atoms with Gasteiger partial charge in [-0.1, -0.05) is 29.8 Å². The topological polar surface area (TPSA) is 20.2 Å². The van der Waals surface area contributed by atoms with Crippen LogP contribution in [0.4, 0.5) is 13.2 Å². The monoisotopic (exact) mass is 204 g/mol. The lowest BCUT2D eigenvalue weighted by Gasteiger charge is -2.26. The van der Waals surface area contributed by atoms with Gasteiger partial charge in [0.1, 0.15) is 0 Å². The lowest BCUT2D eigenvalue weighted by atomic mass is 9.95. The van der Waals surface area contributed by atoms with Gasteiger partial charge in [-0.15, -0.1) is 0 Å². The fourth-order valence-corrected chi connectivity index (χ4v) is 1.04. The summed E-state index contributed by atoms with van der Waals surface area (Å²) in [4.78, 5) is 0. The molecule has 78 valence electrons. The van der Waals surface area contributed by atoms with Crippen LogP contribution in [0, 0.1) is 6.92 Å². The van der Waals surface area contributed by atoms with Gasteiger partial charge in [-0.05, 0) is 19.4 Å². The van der Waals surface area contributed by atoms with Gasteiger partial charge in [0.2, 0.25) is 0 Å². The first-order chi connectivity index (χ1) is 6.25. The molecule has 1 N–H and O–H groups in total. The van der Waals surface area contributed by atoms with E-state index in [9.17, 15) is 18.3 Å². The van der Waals surface area contributed by atoms with Gasteiger partial charge < -0.3 is 5.11 Å². The highest BCUT2D eigenvalue weighted by Crippen LogP contribution is 2.38. The molecule has 0 spiro atoms. The normalized spacial score (nSPS) is 16.4. The fourth-order valence-electron chi connectivity index (χ4n) is 1.04. The van der Waals surface area contributed by atoms with E-state index in [1.54, 1.807) is 6.92 Å². The highest BCUT2D eigenvalue weighted by Gasteiger charge is 2.50. The van der Waals surface area contributed by atoms with Gasteiger partial charge in [0.05, 0.1) is 0 Å². The summed E-state index contributed by atoms with van der Waals surface area (Å²) in [6, 6.07) is 5.64. The van der Waals surface area contributed by atoms with Gasteiger partial charge in [0.25, 0.3) is 0 Å². The summed E-state index contributed by atoms with van der Waals surface area (Å²) in [7, 11) is 0. The number of benzene rings is 1. The van der Waals surface area contributed by atoms with E-state index in [0.29, 0.717) is 0 Å². The second-order valence-electron chi connectivity index (χ2n) is 3.44. The molecule has 14 heavy (non-hydrogen) atoms. The van der Waals surface area contributed by atoms with Crippen molar-refractivity contribution in [1.82, 2.24) is 0 Å². The van der Waals surface area contributed by atoms with E-state index >= 15 is 0 Å². The summed E-state index contributed by atoms with van der Waals surface area (Å²) >= 11 is 0. The Kier molecular flexibility index (Phi) is 2.58. The molecule has 0 saturated heterocycles. The zero-order valence-corrected chi connectivity index (χ0v) is 7.89. The first-order valence-corrected chi connectivity index (χ1v) is 4.11. The smallest absolute Gasteiger partial charge is 0.376 e. The van der Waals surface area contributed by atoms with Crippen molar-refractivity contribution in [2.75, 3.05) is 0 Å². The average molecular weight is 204 g/mol. The minimum absolute atomic E-state index is 0.143. The van der Waals surface area contributed by atoms with E-state index in [1.165, 1.54) is 24.3 Å². The van der Waals surface area contributed by atoms with Crippen molar-refractivity contribution in [3.05, 3.63) is 35.4 Å². The van der Waals surface area contributed by atoms with Crippen LogP contribution < -0.4 is 0 Å². The predicted molar refractivity (Wildman–Crippen MR) is 46.8 cm³/mol. The molecular formula is C10H11F3O. The molecule has 0 bridgehead atoms. The molecule has 1 atom stereocenters. The summed E-state index contributed by atoms with van der Waals surface area (Å²) in [5.41, 5.74) is -2.07. The van der Waals surface area contributed by atoms with E-state index in [-0.39, 0.29) is 5.56 Å². The Bertz CT molecular complexity index is 311. The van der Waals surface area contributed by atoms with Crippen molar-refractivity contribution in [3.8, 4) is 0 Å². The zero-order valence-electron chi connectivity index (χ0n) is 7.89. The van der Waals surface area contributed by atoms with Gasteiger partial charge >= 0.3 is 6.18 Å². The molecule has 0 aromatic heterocycles.